The Balaban J connectivity index is 1.50. The lowest BCUT2D eigenvalue weighted by molar-refractivity contribution is -0.118. The smallest absolute Gasteiger partial charge is 0.262 e. The van der Waals surface area contributed by atoms with Gasteiger partial charge in [-0.1, -0.05) is 28.1 Å². The minimum atomic E-state index is -0.163. The number of hydrogen-bond acceptors (Lipinski definition) is 4. The molecule has 1 N–H and O–H groups in total. The summed E-state index contributed by atoms with van der Waals surface area (Å²) in [6.45, 7) is 1.99. The first-order valence-corrected chi connectivity index (χ1v) is 11.0. The second-order valence-corrected chi connectivity index (χ2v) is 9.38. The molecule has 132 valence electrons. The molecule has 1 saturated heterocycles. The Kier molecular flexibility index (Phi) is 6.73. The summed E-state index contributed by atoms with van der Waals surface area (Å²) < 4.78 is 7.15. The highest BCUT2D eigenvalue weighted by Crippen LogP contribution is 2.43. The molecule has 3 nitrogen and oxygen atoms in total. The van der Waals surface area contributed by atoms with E-state index in [1.165, 1.54) is 23.5 Å². The zero-order chi connectivity index (χ0) is 17.6. The van der Waals surface area contributed by atoms with E-state index in [0.29, 0.717) is 4.58 Å². The first-order valence-electron chi connectivity index (χ1n) is 8.14. The first kappa shape index (κ1) is 18.7. The lowest BCUT2D eigenvalue weighted by atomic mass is 10.2. The fourth-order valence-electron chi connectivity index (χ4n) is 2.47. The van der Waals surface area contributed by atoms with Gasteiger partial charge in [-0.3, -0.25) is 4.79 Å². The molecule has 1 aliphatic rings. The number of benzene rings is 2. The molecule has 0 aliphatic carbocycles. The molecule has 3 rings (SSSR count). The maximum atomic E-state index is 12.0. The summed E-state index contributed by atoms with van der Waals surface area (Å²) in [6.07, 6.45) is 1.29. The van der Waals surface area contributed by atoms with Gasteiger partial charge in [0.25, 0.3) is 5.91 Å². The minimum Gasteiger partial charge on any atom is -0.484 e. The van der Waals surface area contributed by atoms with Crippen LogP contribution in [-0.4, -0.2) is 24.0 Å². The van der Waals surface area contributed by atoms with Crippen LogP contribution in [0.25, 0.3) is 0 Å². The molecule has 0 unspecified atom stereocenters. The summed E-state index contributed by atoms with van der Waals surface area (Å²) in [7, 11) is 0. The second kappa shape index (κ2) is 9.01. The van der Waals surface area contributed by atoms with Crippen molar-refractivity contribution in [3.8, 4) is 5.75 Å². The fraction of sp³-hybridized carbons (Fsp3) is 0.316. The Bertz CT molecular complexity index is 731. The lowest BCUT2D eigenvalue weighted by Crippen LogP contribution is -2.20. The third-order valence-corrected chi connectivity index (χ3v) is 7.70. The van der Waals surface area contributed by atoms with Gasteiger partial charge in [0.1, 0.15) is 5.75 Å². The summed E-state index contributed by atoms with van der Waals surface area (Å²) >= 11 is 7.45. The number of thioether (sulfide) groups is 2. The Morgan fingerprint density at radius 1 is 1.20 bits per heavy atom. The largest absolute Gasteiger partial charge is 0.484 e. The maximum absolute atomic E-state index is 12.0. The first-order chi connectivity index (χ1) is 12.1. The predicted molar refractivity (Wildman–Crippen MR) is 112 cm³/mol. The van der Waals surface area contributed by atoms with Gasteiger partial charge in [0.2, 0.25) is 0 Å². The Morgan fingerprint density at radius 2 is 1.92 bits per heavy atom. The van der Waals surface area contributed by atoms with E-state index < -0.39 is 0 Å². The van der Waals surface area contributed by atoms with E-state index in [-0.39, 0.29) is 12.5 Å². The highest BCUT2D eigenvalue weighted by atomic mass is 79.9. The molecule has 1 heterocycles. The minimum absolute atomic E-state index is 0.00138. The van der Waals surface area contributed by atoms with Crippen molar-refractivity contribution in [1.29, 1.82) is 0 Å². The standard InChI is InChI=1S/C19H20BrNO2S2/c1-13-11-15(5-8-17(13)20)21-18(22)12-23-16-6-3-14(4-7-16)19-24-9-2-10-25-19/h3-8,11,19H,2,9-10,12H2,1H3,(H,21,22). The van der Waals surface area contributed by atoms with Crippen molar-refractivity contribution < 1.29 is 9.53 Å². The molecule has 0 bridgehead atoms. The van der Waals surface area contributed by atoms with Gasteiger partial charge in [0.15, 0.2) is 6.61 Å². The number of nitrogens with one attached hydrogen (secondary N) is 1. The molecule has 0 atom stereocenters. The zero-order valence-corrected chi connectivity index (χ0v) is 17.2. The topological polar surface area (TPSA) is 38.3 Å². The highest BCUT2D eigenvalue weighted by Gasteiger charge is 2.16. The van der Waals surface area contributed by atoms with Crippen molar-refractivity contribution in [2.45, 2.75) is 17.9 Å². The monoisotopic (exact) mass is 437 g/mol. The molecule has 0 spiro atoms. The van der Waals surface area contributed by atoms with Crippen LogP contribution >= 0.6 is 39.5 Å². The fourth-order valence-corrected chi connectivity index (χ4v) is 5.61. The van der Waals surface area contributed by atoms with Crippen molar-refractivity contribution in [2.75, 3.05) is 23.4 Å². The van der Waals surface area contributed by atoms with Crippen molar-refractivity contribution in [1.82, 2.24) is 0 Å². The van der Waals surface area contributed by atoms with Gasteiger partial charge < -0.3 is 10.1 Å². The molecule has 0 radical (unpaired) electrons. The number of anilines is 1. The van der Waals surface area contributed by atoms with Gasteiger partial charge in [-0.15, -0.1) is 23.5 Å². The summed E-state index contributed by atoms with van der Waals surface area (Å²) in [5.41, 5.74) is 3.17. The Hall–Kier alpha value is -1.11. The molecule has 2 aromatic rings. The number of amides is 1. The van der Waals surface area contributed by atoms with Gasteiger partial charge in [0, 0.05) is 10.2 Å². The number of ether oxygens (including phenoxy) is 1. The van der Waals surface area contributed by atoms with E-state index >= 15 is 0 Å². The normalized spacial score (nSPS) is 15.0. The van der Waals surface area contributed by atoms with Crippen molar-refractivity contribution in [3.05, 3.63) is 58.1 Å². The number of carbonyl (C=O) groups excluding carboxylic acids is 1. The van der Waals surface area contributed by atoms with E-state index in [1.54, 1.807) is 0 Å². The van der Waals surface area contributed by atoms with E-state index in [2.05, 4.69) is 33.4 Å². The van der Waals surface area contributed by atoms with Crippen molar-refractivity contribution in [3.63, 3.8) is 0 Å². The third-order valence-electron chi connectivity index (χ3n) is 3.79. The van der Waals surface area contributed by atoms with E-state index in [0.717, 1.165) is 21.5 Å². The molecule has 1 fully saturated rings. The molecule has 6 heteroatoms. The van der Waals surface area contributed by atoms with Gasteiger partial charge >= 0.3 is 0 Å². The summed E-state index contributed by atoms with van der Waals surface area (Å²) in [4.78, 5) is 12.0. The van der Waals surface area contributed by atoms with Crippen LogP contribution in [-0.2, 0) is 4.79 Å². The van der Waals surface area contributed by atoms with Crippen LogP contribution in [0.4, 0.5) is 5.69 Å². The van der Waals surface area contributed by atoms with Crippen LogP contribution in [0.1, 0.15) is 22.1 Å². The van der Waals surface area contributed by atoms with Gasteiger partial charge in [-0.05, 0) is 66.3 Å². The summed E-state index contributed by atoms with van der Waals surface area (Å²) in [5, 5.41) is 2.85. The molecule has 0 saturated carbocycles. The molecule has 2 aromatic carbocycles. The van der Waals surface area contributed by atoms with Crippen LogP contribution in [0, 0.1) is 6.92 Å². The molecule has 1 aliphatic heterocycles. The summed E-state index contributed by atoms with van der Waals surface area (Å²) in [6, 6.07) is 13.8. The van der Waals surface area contributed by atoms with E-state index in [4.69, 9.17) is 4.74 Å². The Labute approximate surface area is 165 Å². The molecular weight excluding hydrogens is 418 g/mol. The van der Waals surface area contributed by atoms with Crippen LogP contribution in [0.15, 0.2) is 46.9 Å². The average Bonchev–Trinajstić information content (AvgIpc) is 2.64. The van der Waals surface area contributed by atoms with Crippen molar-refractivity contribution in [2.24, 2.45) is 0 Å². The molecule has 1 amide bonds. The lowest BCUT2D eigenvalue weighted by Gasteiger charge is -2.21. The quantitative estimate of drug-likeness (QED) is 0.656. The number of aryl methyl sites for hydroxylation is 1. The third kappa shape index (κ3) is 5.43. The van der Waals surface area contributed by atoms with Crippen molar-refractivity contribution >= 4 is 51.0 Å². The van der Waals surface area contributed by atoms with Crippen LogP contribution in [0.2, 0.25) is 0 Å². The summed E-state index contributed by atoms with van der Waals surface area (Å²) in [5.74, 6) is 3.01. The number of carbonyl (C=O) groups is 1. The number of halogens is 1. The van der Waals surface area contributed by atoms with Gasteiger partial charge in [-0.2, -0.15) is 0 Å². The van der Waals surface area contributed by atoms with E-state index in [1.807, 2.05) is 60.8 Å². The molecular formula is C19H20BrNO2S2. The van der Waals surface area contributed by atoms with Gasteiger partial charge in [0.05, 0.1) is 4.58 Å². The van der Waals surface area contributed by atoms with Crippen LogP contribution in [0.3, 0.4) is 0 Å². The van der Waals surface area contributed by atoms with E-state index in [9.17, 15) is 4.79 Å². The average molecular weight is 438 g/mol. The predicted octanol–water partition coefficient (Wildman–Crippen LogP) is 5.64. The van der Waals surface area contributed by atoms with Crippen LogP contribution < -0.4 is 10.1 Å². The molecule has 25 heavy (non-hydrogen) atoms. The SMILES string of the molecule is Cc1cc(NC(=O)COc2ccc(C3SCCCS3)cc2)ccc1Br. The van der Waals surface area contributed by atoms with Crippen LogP contribution in [0.5, 0.6) is 5.75 Å². The van der Waals surface area contributed by atoms with Gasteiger partial charge in [-0.25, -0.2) is 0 Å². The number of rotatable bonds is 5. The second-order valence-electron chi connectivity index (χ2n) is 5.80. The Morgan fingerprint density at radius 3 is 2.60 bits per heavy atom. The molecule has 0 aromatic heterocycles. The zero-order valence-electron chi connectivity index (χ0n) is 14.0. The maximum Gasteiger partial charge on any atom is 0.262 e. The number of hydrogen-bond donors (Lipinski definition) is 1. The highest BCUT2D eigenvalue weighted by molar-refractivity contribution is 9.10.